The van der Waals surface area contributed by atoms with E-state index in [1.807, 2.05) is 45.0 Å². The number of rotatable bonds is 9. The van der Waals surface area contributed by atoms with Crippen LogP contribution in [0.15, 0.2) is 65.8 Å². The number of H-pyrrole nitrogens is 1. The van der Waals surface area contributed by atoms with Gasteiger partial charge in [0.1, 0.15) is 17.3 Å². The van der Waals surface area contributed by atoms with Gasteiger partial charge < -0.3 is 4.74 Å². The van der Waals surface area contributed by atoms with Crippen LogP contribution in [0.2, 0.25) is 5.02 Å². The Labute approximate surface area is 209 Å². The van der Waals surface area contributed by atoms with E-state index in [-0.39, 0.29) is 24.0 Å². The summed E-state index contributed by atoms with van der Waals surface area (Å²) in [5.74, 6) is 0.925. The first-order valence-electron chi connectivity index (χ1n) is 10.9. The first-order chi connectivity index (χ1) is 16.8. The van der Waals surface area contributed by atoms with Gasteiger partial charge in [-0.2, -0.15) is 5.21 Å². The molecule has 2 heterocycles. The third kappa shape index (κ3) is 5.60. The fourth-order valence-corrected chi connectivity index (χ4v) is 5.19. The van der Waals surface area contributed by atoms with Gasteiger partial charge in [0.2, 0.25) is 5.82 Å². The van der Waals surface area contributed by atoms with Crippen LogP contribution < -0.4 is 9.04 Å². The average molecular weight is 513 g/mol. The summed E-state index contributed by atoms with van der Waals surface area (Å²) in [6.07, 6.45) is 2.88. The summed E-state index contributed by atoms with van der Waals surface area (Å²) in [6, 6.07) is 14.0. The highest BCUT2D eigenvalue weighted by Gasteiger charge is 2.29. The van der Waals surface area contributed by atoms with E-state index in [1.165, 1.54) is 22.8 Å². The summed E-state index contributed by atoms with van der Waals surface area (Å²) >= 11 is 6.41. The number of anilines is 1. The lowest BCUT2D eigenvalue weighted by molar-refractivity contribution is 0.307. The number of ether oxygens (including phenoxy) is 1. The first-order valence-corrected chi connectivity index (χ1v) is 12.8. The lowest BCUT2D eigenvalue weighted by Crippen LogP contribution is -2.34. The van der Waals surface area contributed by atoms with Crippen LogP contribution >= 0.6 is 11.6 Å². The van der Waals surface area contributed by atoms with Crippen LogP contribution in [-0.2, 0) is 16.6 Å². The number of hydrogen-bond donors (Lipinski definition) is 1. The summed E-state index contributed by atoms with van der Waals surface area (Å²) < 4.78 is 34.7. The van der Waals surface area contributed by atoms with Gasteiger partial charge in [0.05, 0.1) is 5.69 Å². The number of aromatic amines is 1. The number of pyridine rings is 1. The van der Waals surface area contributed by atoms with E-state index in [4.69, 9.17) is 16.3 Å². The Morgan fingerprint density at radius 1 is 1.14 bits per heavy atom. The zero-order chi connectivity index (χ0) is 25.0. The summed E-state index contributed by atoms with van der Waals surface area (Å²) in [4.78, 5) is 4.10. The molecular formula is C24H25ClN6O3S. The van der Waals surface area contributed by atoms with Gasteiger partial charge in [0, 0.05) is 35.6 Å². The van der Waals surface area contributed by atoms with Gasteiger partial charge >= 0.3 is 0 Å². The minimum Gasteiger partial charge on any atom is -0.487 e. The standard InChI is InChI=1S/C24H25ClN6O3S/c1-16(2)14-31(35(32,33)20-5-4-10-26-13-20)22-11-17(3)21(25)12-23(22)34-15-18-6-8-19(9-7-18)24-27-29-30-28-24/h4-13,16H,14-15H2,1-3H3,(H,27,28,29,30). The molecule has 0 amide bonds. The Morgan fingerprint density at radius 2 is 1.91 bits per heavy atom. The highest BCUT2D eigenvalue weighted by Crippen LogP contribution is 2.37. The van der Waals surface area contributed by atoms with Crippen molar-refractivity contribution in [2.45, 2.75) is 32.3 Å². The maximum Gasteiger partial charge on any atom is 0.265 e. The predicted molar refractivity (Wildman–Crippen MR) is 134 cm³/mol. The maximum absolute atomic E-state index is 13.6. The van der Waals surface area contributed by atoms with Crippen molar-refractivity contribution in [1.82, 2.24) is 25.6 Å². The number of hydrogen-bond acceptors (Lipinski definition) is 7. The van der Waals surface area contributed by atoms with Crippen molar-refractivity contribution in [2.75, 3.05) is 10.8 Å². The second-order valence-electron chi connectivity index (χ2n) is 8.41. The third-order valence-electron chi connectivity index (χ3n) is 5.21. The van der Waals surface area contributed by atoms with Gasteiger partial charge in [-0.05, 0) is 47.4 Å². The molecule has 0 fully saturated rings. The minimum atomic E-state index is -3.89. The molecule has 1 N–H and O–H groups in total. The number of halogens is 1. The van der Waals surface area contributed by atoms with E-state index < -0.39 is 10.0 Å². The van der Waals surface area contributed by atoms with Crippen molar-refractivity contribution < 1.29 is 13.2 Å². The molecule has 2 aromatic heterocycles. The number of nitrogens with zero attached hydrogens (tertiary/aromatic N) is 5. The summed E-state index contributed by atoms with van der Waals surface area (Å²) in [6.45, 7) is 6.21. The molecule has 0 saturated carbocycles. The fraction of sp³-hybridized carbons (Fsp3) is 0.250. The lowest BCUT2D eigenvalue weighted by atomic mass is 10.1. The lowest BCUT2D eigenvalue weighted by Gasteiger charge is -2.28. The van der Waals surface area contributed by atoms with Crippen molar-refractivity contribution in [3.63, 3.8) is 0 Å². The normalized spacial score (nSPS) is 11.6. The molecule has 0 atom stereocenters. The molecule has 0 spiro atoms. The number of aryl methyl sites for hydroxylation is 1. The number of sulfonamides is 1. The van der Waals surface area contributed by atoms with E-state index >= 15 is 0 Å². The molecule has 0 unspecified atom stereocenters. The molecule has 0 aliphatic carbocycles. The number of tetrazole rings is 1. The van der Waals surface area contributed by atoms with Crippen molar-refractivity contribution >= 4 is 27.3 Å². The molecule has 0 aliphatic heterocycles. The third-order valence-corrected chi connectivity index (χ3v) is 7.38. The number of aromatic nitrogens is 5. The molecule has 0 radical (unpaired) electrons. The molecule has 35 heavy (non-hydrogen) atoms. The molecule has 0 aliphatic rings. The van der Waals surface area contributed by atoms with Gasteiger partial charge in [-0.25, -0.2) is 8.42 Å². The Morgan fingerprint density at radius 3 is 2.54 bits per heavy atom. The van der Waals surface area contributed by atoms with Gasteiger partial charge in [-0.3, -0.25) is 9.29 Å². The molecular weight excluding hydrogens is 488 g/mol. The second-order valence-corrected chi connectivity index (χ2v) is 10.7. The summed E-state index contributed by atoms with van der Waals surface area (Å²) in [5.41, 5.74) is 2.86. The van der Waals surface area contributed by atoms with Crippen LogP contribution in [0.3, 0.4) is 0 Å². The predicted octanol–water partition coefficient (Wildman–Crippen LogP) is 4.65. The van der Waals surface area contributed by atoms with Crippen LogP contribution in [0.4, 0.5) is 5.69 Å². The van der Waals surface area contributed by atoms with E-state index in [9.17, 15) is 8.42 Å². The molecule has 11 heteroatoms. The topological polar surface area (TPSA) is 114 Å². The highest BCUT2D eigenvalue weighted by atomic mass is 35.5. The van der Waals surface area contributed by atoms with Crippen LogP contribution in [0, 0.1) is 12.8 Å². The van der Waals surface area contributed by atoms with Gasteiger partial charge in [-0.15, -0.1) is 10.2 Å². The molecule has 182 valence electrons. The largest absolute Gasteiger partial charge is 0.487 e. The molecule has 4 aromatic rings. The van der Waals surface area contributed by atoms with Crippen LogP contribution in [0.5, 0.6) is 5.75 Å². The number of benzene rings is 2. The fourth-order valence-electron chi connectivity index (χ4n) is 3.44. The Bertz CT molecular complexity index is 1380. The van der Waals surface area contributed by atoms with Crippen LogP contribution in [0.25, 0.3) is 11.4 Å². The van der Waals surface area contributed by atoms with E-state index in [1.54, 1.807) is 18.2 Å². The molecule has 4 rings (SSSR count). The minimum absolute atomic E-state index is 0.0583. The Kier molecular flexibility index (Phi) is 7.32. The van der Waals surface area contributed by atoms with Crippen molar-refractivity contribution in [1.29, 1.82) is 0 Å². The Hall–Kier alpha value is -3.50. The summed E-state index contributed by atoms with van der Waals surface area (Å²) in [5, 5.41) is 14.4. The highest BCUT2D eigenvalue weighted by molar-refractivity contribution is 7.92. The zero-order valence-electron chi connectivity index (χ0n) is 19.5. The van der Waals surface area contributed by atoms with Gasteiger partial charge in [0.15, 0.2) is 0 Å². The van der Waals surface area contributed by atoms with E-state index in [0.717, 1.165) is 16.7 Å². The van der Waals surface area contributed by atoms with Crippen molar-refractivity contribution in [3.8, 4) is 17.1 Å². The van der Waals surface area contributed by atoms with Gasteiger partial charge in [0.25, 0.3) is 10.0 Å². The quantitative estimate of drug-likeness (QED) is 0.347. The molecule has 0 saturated heterocycles. The van der Waals surface area contributed by atoms with Crippen LogP contribution in [-0.4, -0.2) is 40.6 Å². The smallest absolute Gasteiger partial charge is 0.265 e. The Balaban J connectivity index is 1.67. The van der Waals surface area contributed by atoms with Crippen molar-refractivity contribution in [3.05, 3.63) is 77.1 Å². The molecule has 0 bridgehead atoms. The zero-order valence-corrected chi connectivity index (χ0v) is 21.1. The van der Waals surface area contributed by atoms with Crippen molar-refractivity contribution in [2.24, 2.45) is 5.92 Å². The number of nitrogens with one attached hydrogen (secondary N) is 1. The SMILES string of the molecule is Cc1cc(N(CC(C)C)S(=O)(=O)c2cccnc2)c(OCc2ccc(-c3nn[nH]n3)cc2)cc1Cl. The van der Waals surface area contributed by atoms with E-state index in [2.05, 4.69) is 25.6 Å². The van der Waals surface area contributed by atoms with Crippen LogP contribution in [0.1, 0.15) is 25.0 Å². The first kappa shape index (κ1) is 24.6. The van der Waals surface area contributed by atoms with E-state index in [0.29, 0.717) is 22.3 Å². The molecule has 2 aromatic carbocycles. The average Bonchev–Trinajstić information content (AvgIpc) is 3.39. The maximum atomic E-state index is 13.6. The summed E-state index contributed by atoms with van der Waals surface area (Å²) in [7, 11) is -3.89. The van der Waals surface area contributed by atoms with Gasteiger partial charge in [-0.1, -0.05) is 49.7 Å². The molecule has 9 nitrogen and oxygen atoms in total. The second kappa shape index (κ2) is 10.4. The monoisotopic (exact) mass is 512 g/mol.